The zero-order chi connectivity index (χ0) is 9.90. The summed E-state index contributed by atoms with van der Waals surface area (Å²) < 4.78 is 26.4. The van der Waals surface area contributed by atoms with Gasteiger partial charge in [-0.1, -0.05) is 24.3 Å². The number of carbonyl (C=O) groups excluding carboxylic acids is 1. The lowest BCUT2D eigenvalue weighted by Gasteiger charge is -2.15. The molecular formula is C10H10F2O. The first kappa shape index (κ1) is 9.84. The van der Waals surface area contributed by atoms with E-state index in [-0.39, 0.29) is 11.8 Å². The third kappa shape index (κ3) is 2.11. The molecule has 3 heteroatoms. The minimum Gasteiger partial charge on any atom is -0.303 e. The summed E-state index contributed by atoms with van der Waals surface area (Å²) in [5.74, 6) is -3.03. The van der Waals surface area contributed by atoms with E-state index in [1.54, 1.807) is 25.1 Å². The molecule has 0 heterocycles. The normalized spacial score (nSPS) is 11.3. The van der Waals surface area contributed by atoms with Gasteiger partial charge < -0.3 is 4.79 Å². The Hall–Kier alpha value is -1.25. The Labute approximate surface area is 75.4 Å². The van der Waals surface area contributed by atoms with E-state index in [0.29, 0.717) is 5.56 Å². The molecule has 70 valence electrons. The average molecular weight is 184 g/mol. The summed E-state index contributed by atoms with van der Waals surface area (Å²) in [6.45, 7) is 1.61. The highest BCUT2D eigenvalue weighted by molar-refractivity contribution is 5.52. The van der Waals surface area contributed by atoms with Crippen LogP contribution in [-0.2, 0) is 10.7 Å². The highest BCUT2D eigenvalue weighted by Gasteiger charge is 2.31. The van der Waals surface area contributed by atoms with Crippen LogP contribution in [0.15, 0.2) is 24.3 Å². The molecule has 1 rings (SSSR count). The average Bonchev–Trinajstić information content (AvgIpc) is 2.04. The maximum absolute atomic E-state index is 13.2. The molecule has 0 fully saturated rings. The summed E-state index contributed by atoms with van der Waals surface area (Å²) in [7, 11) is 0. The number of rotatable bonds is 3. The maximum atomic E-state index is 13.2. The van der Waals surface area contributed by atoms with E-state index in [2.05, 4.69) is 0 Å². The molecule has 0 spiro atoms. The molecule has 1 aromatic carbocycles. The zero-order valence-electron chi connectivity index (χ0n) is 7.26. The van der Waals surface area contributed by atoms with Gasteiger partial charge in [0.05, 0.1) is 6.42 Å². The van der Waals surface area contributed by atoms with Gasteiger partial charge in [-0.3, -0.25) is 0 Å². The molecule has 0 bridgehead atoms. The summed E-state index contributed by atoms with van der Waals surface area (Å²) in [5.41, 5.74) is 0.441. The van der Waals surface area contributed by atoms with E-state index in [4.69, 9.17) is 0 Å². The summed E-state index contributed by atoms with van der Waals surface area (Å²) in [5, 5.41) is 0. The van der Waals surface area contributed by atoms with Crippen molar-refractivity contribution in [3.05, 3.63) is 35.4 Å². The Bertz CT molecular complexity index is 308. The van der Waals surface area contributed by atoms with Crippen LogP contribution < -0.4 is 0 Å². The second-order valence-electron chi connectivity index (χ2n) is 2.89. The molecule has 0 radical (unpaired) electrons. The quantitative estimate of drug-likeness (QED) is 0.660. The third-order valence-corrected chi connectivity index (χ3v) is 1.88. The molecule has 13 heavy (non-hydrogen) atoms. The number of carbonyl (C=O) groups is 1. The van der Waals surface area contributed by atoms with Crippen LogP contribution in [0, 0.1) is 6.92 Å². The first-order chi connectivity index (χ1) is 6.08. The van der Waals surface area contributed by atoms with Crippen molar-refractivity contribution in [2.24, 2.45) is 0 Å². The van der Waals surface area contributed by atoms with Crippen molar-refractivity contribution in [1.82, 2.24) is 0 Å². The van der Waals surface area contributed by atoms with Crippen molar-refractivity contribution in [2.45, 2.75) is 19.3 Å². The Morgan fingerprint density at radius 2 is 2.00 bits per heavy atom. The van der Waals surface area contributed by atoms with Crippen molar-refractivity contribution in [1.29, 1.82) is 0 Å². The fraction of sp³-hybridized carbons (Fsp3) is 0.300. The number of aldehydes is 1. The first-order valence-corrected chi connectivity index (χ1v) is 3.95. The smallest absolute Gasteiger partial charge is 0.280 e. The first-order valence-electron chi connectivity index (χ1n) is 3.95. The Morgan fingerprint density at radius 3 is 2.54 bits per heavy atom. The molecule has 0 N–H and O–H groups in total. The van der Waals surface area contributed by atoms with Crippen LogP contribution in [0.25, 0.3) is 0 Å². The lowest BCUT2D eigenvalue weighted by atomic mass is 10.0. The van der Waals surface area contributed by atoms with Gasteiger partial charge in [0.1, 0.15) is 6.29 Å². The maximum Gasteiger partial charge on any atom is 0.280 e. The molecule has 1 aromatic rings. The van der Waals surface area contributed by atoms with Gasteiger partial charge >= 0.3 is 0 Å². The standard InChI is InChI=1S/C10H10F2O/c1-8-4-2-3-5-9(8)10(11,12)6-7-13/h2-5,7H,6H2,1H3. The van der Waals surface area contributed by atoms with Gasteiger partial charge in [-0.15, -0.1) is 0 Å². The summed E-state index contributed by atoms with van der Waals surface area (Å²) in [6.07, 6.45) is -0.510. The molecular weight excluding hydrogens is 174 g/mol. The van der Waals surface area contributed by atoms with Crippen molar-refractivity contribution >= 4 is 6.29 Å². The third-order valence-electron chi connectivity index (χ3n) is 1.88. The number of aryl methyl sites for hydroxylation is 1. The minimum atomic E-state index is -3.03. The minimum absolute atomic E-state index is 0.0675. The van der Waals surface area contributed by atoms with Crippen LogP contribution in [0.1, 0.15) is 17.5 Å². The molecule has 0 amide bonds. The summed E-state index contributed by atoms with van der Waals surface area (Å²) in [4.78, 5) is 10.0. The van der Waals surface area contributed by atoms with Gasteiger partial charge in [0.25, 0.3) is 5.92 Å². The van der Waals surface area contributed by atoms with Crippen molar-refractivity contribution in [3.8, 4) is 0 Å². The largest absolute Gasteiger partial charge is 0.303 e. The zero-order valence-corrected chi connectivity index (χ0v) is 7.26. The highest BCUT2D eigenvalue weighted by atomic mass is 19.3. The van der Waals surface area contributed by atoms with E-state index in [0.717, 1.165) is 0 Å². The molecule has 0 saturated carbocycles. The SMILES string of the molecule is Cc1ccccc1C(F)(F)CC=O. The lowest BCUT2D eigenvalue weighted by molar-refractivity contribution is -0.115. The molecule has 0 aliphatic rings. The second kappa shape index (κ2) is 3.64. The van der Waals surface area contributed by atoms with Crippen LogP contribution in [0.3, 0.4) is 0 Å². The van der Waals surface area contributed by atoms with Gasteiger partial charge in [-0.05, 0) is 12.5 Å². The molecule has 0 aromatic heterocycles. The number of hydrogen-bond acceptors (Lipinski definition) is 1. The van der Waals surface area contributed by atoms with Gasteiger partial charge in [0.2, 0.25) is 0 Å². The second-order valence-corrected chi connectivity index (χ2v) is 2.89. The van der Waals surface area contributed by atoms with Gasteiger partial charge in [-0.25, -0.2) is 8.78 Å². The van der Waals surface area contributed by atoms with Crippen LogP contribution >= 0.6 is 0 Å². The number of alkyl halides is 2. The van der Waals surface area contributed by atoms with E-state index < -0.39 is 12.3 Å². The molecule has 1 nitrogen and oxygen atoms in total. The van der Waals surface area contributed by atoms with Gasteiger partial charge in [-0.2, -0.15) is 0 Å². The Morgan fingerprint density at radius 1 is 1.38 bits per heavy atom. The fourth-order valence-corrected chi connectivity index (χ4v) is 1.20. The van der Waals surface area contributed by atoms with Crippen LogP contribution in [-0.4, -0.2) is 6.29 Å². The fourth-order valence-electron chi connectivity index (χ4n) is 1.20. The van der Waals surface area contributed by atoms with Crippen LogP contribution in [0.2, 0.25) is 0 Å². The van der Waals surface area contributed by atoms with Crippen molar-refractivity contribution in [3.63, 3.8) is 0 Å². The number of benzene rings is 1. The molecule has 0 aliphatic heterocycles. The summed E-state index contributed by atoms with van der Waals surface area (Å²) >= 11 is 0. The Balaban J connectivity index is 3.06. The lowest BCUT2D eigenvalue weighted by Crippen LogP contribution is -2.15. The number of halogens is 2. The van der Waals surface area contributed by atoms with Gasteiger partial charge in [0.15, 0.2) is 0 Å². The van der Waals surface area contributed by atoms with E-state index in [1.807, 2.05) is 0 Å². The predicted molar refractivity (Wildman–Crippen MR) is 45.8 cm³/mol. The molecule has 0 aliphatic carbocycles. The van der Waals surface area contributed by atoms with Gasteiger partial charge in [0, 0.05) is 5.56 Å². The van der Waals surface area contributed by atoms with E-state index >= 15 is 0 Å². The summed E-state index contributed by atoms with van der Waals surface area (Å²) in [6, 6.07) is 6.18. The van der Waals surface area contributed by atoms with Crippen LogP contribution in [0.5, 0.6) is 0 Å². The molecule has 0 saturated heterocycles. The molecule has 0 unspecified atom stereocenters. The van der Waals surface area contributed by atoms with Crippen molar-refractivity contribution in [2.75, 3.05) is 0 Å². The van der Waals surface area contributed by atoms with Crippen LogP contribution in [0.4, 0.5) is 8.78 Å². The Kier molecular flexibility index (Phi) is 2.76. The number of hydrogen-bond donors (Lipinski definition) is 0. The van der Waals surface area contributed by atoms with E-state index in [1.165, 1.54) is 6.07 Å². The highest BCUT2D eigenvalue weighted by Crippen LogP contribution is 2.32. The van der Waals surface area contributed by atoms with E-state index in [9.17, 15) is 13.6 Å². The predicted octanol–water partition coefficient (Wildman–Crippen LogP) is 2.68. The molecule has 0 atom stereocenters. The van der Waals surface area contributed by atoms with Crippen molar-refractivity contribution < 1.29 is 13.6 Å². The topological polar surface area (TPSA) is 17.1 Å². The monoisotopic (exact) mass is 184 g/mol.